The number of methoxy groups -OCH3 is 1. The van der Waals surface area contributed by atoms with Crippen LogP contribution < -0.4 is 10.5 Å². The van der Waals surface area contributed by atoms with Crippen molar-refractivity contribution < 1.29 is 4.74 Å². The monoisotopic (exact) mass is 385 g/mol. The van der Waals surface area contributed by atoms with Gasteiger partial charge in [0.25, 0.3) is 0 Å². The van der Waals surface area contributed by atoms with Crippen molar-refractivity contribution in [2.24, 2.45) is 0 Å². The standard InChI is InChI=1S/C16H15N7OS2/c1-9(14-20-21-16(17)26-14)23-8-11(19-22-23)13-7-18-15(25-13)10-5-3-4-6-12(10)24-2/h3-9H,1-2H3,(H2,17,21)/t9-/m1/s1. The predicted molar refractivity (Wildman–Crippen MR) is 101 cm³/mol. The number of anilines is 1. The predicted octanol–water partition coefficient (Wildman–Crippen LogP) is 3.12. The summed E-state index contributed by atoms with van der Waals surface area (Å²) in [6, 6.07) is 7.71. The number of benzene rings is 1. The summed E-state index contributed by atoms with van der Waals surface area (Å²) in [4.78, 5) is 5.44. The maximum Gasteiger partial charge on any atom is 0.203 e. The van der Waals surface area contributed by atoms with Gasteiger partial charge in [-0.2, -0.15) is 0 Å². The number of thiazole rings is 1. The van der Waals surface area contributed by atoms with E-state index in [2.05, 4.69) is 25.5 Å². The molecule has 3 aromatic heterocycles. The Kier molecular flexibility index (Phi) is 4.35. The van der Waals surface area contributed by atoms with E-state index >= 15 is 0 Å². The van der Waals surface area contributed by atoms with Crippen LogP contribution in [0.5, 0.6) is 5.75 Å². The molecule has 8 nitrogen and oxygen atoms in total. The number of nitrogens with zero attached hydrogens (tertiary/aromatic N) is 6. The first-order valence-corrected chi connectivity index (χ1v) is 9.39. The lowest BCUT2D eigenvalue weighted by Gasteiger charge is -2.05. The molecule has 0 aliphatic rings. The van der Waals surface area contributed by atoms with Crippen molar-refractivity contribution in [1.82, 2.24) is 30.2 Å². The van der Waals surface area contributed by atoms with Gasteiger partial charge in [-0.15, -0.1) is 26.6 Å². The Morgan fingerprint density at radius 2 is 2.00 bits per heavy atom. The second-order valence-corrected chi connectivity index (χ2v) is 7.54. The maximum atomic E-state index is 5.66. The van der Waals surface area contributed by atoms with E-state index in [1.54, 1.807) is 29.3 Å². The fourth-order valence-corrected chi connectivity index (χ4v) is 4.00. The van der Waals surface area contributed by atoms with Crippen LogP contribution in [0.1, 0.15) is 18.0 Å². The van der Waals surface area contributed by atoms with Crippen LogP contribution in [-0.2, 0) is 0 Å². The van der Waals surface area contributed by atoms with E-state index in [4.69, 9.17) is 10.5 Å². The highest BCUT2D eigenvalue weighted by atomic mass is 32.1. The molecule has 0 aliphatic carbocycles. The van der Waals surface area contributed by atoms with E-state index in [0.717, 1.165) is 31.9 Å². The largest absolute Gasteiger partial charge is 0.496 e. The summed E-state index contributed by atoms with van der Waals surface area (Å²) in [7, 11) is 1.65. The van der Waals surface area contributed by atoms with Gasteiger partial charge in [0.15, 0.2) is 0 Å². The number of hydrogen-bond acceptors (Lipinski definition) is 9. The summed E-state index contributed by atoms with van der Waals surface area (Å²) in [6.07, 6.45) is 3.68. The molecule has 0 radical (unpaired) electrons. The zero-order chi connectivity index (χ0) is 18.1. The summed E-state index contributed by atoms with van der Waals surface area (Å²) < 4.78 is 7.16. The fraction of sp³-hybridized carbons (Fsp3) is 0.188. The lowest BCUT2D eigenvalue weighted by atomic mass is 10.2. The van der Waals surface area contributed by atoms with Crippen LogP contribution in [0.3, 0.4) is 0 Å². The Hall–Kier alpha value is -2.85. The maximum absolute atomic E-state index is 5.66. The number of nitrogen functional groups attached to an aromatic ring is 1. The first-order chi connectivity index (χ1) is 12.7. The Bertz CT molecular complexity index is 1040. The molecule has 0 amide bonds. The third kappa shape index (κ3) is 3.04. The molecule has 4 rings (SSSR count). The van der Waals surface area contributed by atoms with Gasteiger partial charge in [0.05, 0.1) is 23.7 Å². The molecule has 0 unspecified atom stereocenters. The Labute approximate surface area is 157 Å². The summed E-state index contributed by atoms with van der Waals surface area (Å²) >= 11 is 2.89. The first kappa shape index (κ1) is 16.6. The van der Waals surface area contributed by atoms with Gasteiger partial charge in [-0.3, -0.25) is 0 Å². The lowest BCUT2D eigenvalue weighted by Crippen LogP contribution is -2.07. The van der Waals surface area contributed by atoms with E-state index in [1.165, 1.54) is 11.3 Å². The molecule has 10 heteroatoms. The quantitative estimate of drug-likeness (QED) is 0.563. The van der Waals surface area contributed by atoms with Crippen molar-refractivity contribution in [3.63, 3.8) is 0 Å². The molecule has 0 saturated carbocycles. The molecule has 0 fully saturated rings. The summed E-state index contributed by atoms with van der Waals surface area (Å²) in [5, 5.41) is 18.5. The Morgan fingerprint density at radius 1 is 1.15 bits per heavy atom. The second-order valence-electron chi connectivity index (χ2n) is 5.47. The normalized spacial score (nSPS) is 12.2. The number of nitrogens with two attached hydrogens (primary N) is 1. The summed E-state index contributed by atoms with van der Waals surface area (Å²) in [5.41, 5.74) is 7.37. The van der Waals surface area contributed by atoms with Gasteiger partial charge in [-0.1, -0.05) is 28.7 Å². The zero-order valence-electron chi connectivity index (χ0n) is 14.0. The van der Waals surface area contributed by atoms with E-state index in [0.29, 0.717) is 5.13 Å². The molecule has 132 valence electrons. The van der Waals surface area contributed by atoms with Crippen LogP contribution >= 0.6 is 22.7 Å². The first-order valence-electron chi connectivity index (χ1n) is 7.76. The Balaban J connectivity index is 1.62. The van der Waals surface area contributed by atoms with Crippen molar-refractivity contribution in [1.29, 1.82) is 0 Å². The van der Waals surface area contributed by atoms with Crippen LogP contribution in [0, 0.1) is 0 Å². The van der Waals surface area contributed by atoms with Crippen molar-refractivity contribution in [3.05, 3.63) is 41.7 Å². The molecular formula is C16H15N7OS2. The molecule has 1 aromatic carbocycles. The fourth-order valence-electron chi connectivity index (χ4n) is 2.45. The number of hydrogen-bond donors (Lipinski definition) is 1. The van der Waals surface area contributed by atoms with Gasteiger partial charge in [-0.05, 0) is 19.1 Å². The summed E-state index contributed by atoms with van der Waals surface area (Å²) in [5.74, 6) is 0.791. The molecule has 0 aliphatic heterocycles. The highest BCUT2D eigenvalue weighted by molar-refractivity contribution is 7.18. The van der Waals surface area contributed by atoms with Crippen LogP contribution in [0.4, 0.5) is 5.13 Å². The smallest absolute Gasteiger partial charge is 0.203 e. The highest BCUT2D eigenvalue weighted by Gasteiger charge is 2.17. The van der Waals surface area contributed by atoms with Gasteiger partial charge >= 0.3 is 0 Å². The van der Waals surface area contributed by atoms with Gasteiger partial charge in [0.1, 0.15) is 27.5 Å². The van der Waals surface area contributed by atoms with E-state index in [9.17, 15) is 0 Å². The molecule has 4 aromatic rings. The van der Waals surface area contributed by atoms with E-state index < -0.39 is 0 Å². The molecule has 1 atom stereocenters. The van der Waals surface area contributed by atoms with Crippen LogP contribution in [0.2, 0.25) is 0 Å². The van der Waals surface area contributed by atoms with Gasteiger partial charge in [0, 0.05) is 6.20 Å². The number of ether oxygens (including phenoxy) is 1. The second kappa shape index (κ2) is 6.81. The van der Waals surface area contributed by atoms with Crippen molar-refractivity contribution in [2.75, 3.05) is 12.8 Å². The number of para-hydroxylation sites is 1. The zero-order valence-corrected chi connectivity index (χ0v) is 15.7. The molecule has 2 N–H and O–H groups in total. The molecule has 0 bridgehead atoms. The van der Waals surface area contributed by atoms with E-state index in [-0.39, 0.29) is 6.04 Å². The van der Waals surface area contributed by atoms with Crippen LogP contribution in [0.25, 0.3) is 21.1 Å². The number of rotatable bonds is 5. The van der Waals surface area contributed by atoms with Crippen molar-refractivity contribution in [3.8, 4) is 26.9 Å². The average Bonchev–Trinajstić information content (AvgIpc) is 3.41. The molecule has 0 spiro atoms. The third-order valence-electron chi connectivity index (χ3n) is 3.82. The van der Waals surface area contributed by atoms with Gasteiger partial charge in [0.2, 0.25) is 5.13 Å². The summed E-state index contributed by atoms with van der Waals surface area (Å²) in [6.45, 7) is 1.98. The highest BCUT2D eigenvalue weighted by Crippen LogP contribution is 2.36. The minimum absolute atomic E-state index is 0.0901. The topological polar surface area (TPSA) is 105 Å². The molecule has 0 saturated heterocycles. The SMILES string of the molecule is COc1ccccc1-c1ncc(-c2cn([C@H](C)c3nnc(N)s3)nn2)s1. The minimum Gasteiger partial charge on any atom is -0.496 e. The Morgan fingerprint density at radius 3 is 2.77 bits per heavy atom. The van der Waals surface area contributed by atoms with Crippen LogP contribution in [-0.4, -0.2) is 37.3 Å². The van der Waals surface area contributed by atoms with Crippen LogP contribution in [0.15, 0.2) is 36.7 Å². The third-order valence-corrected chi connectivity index (χ3v) is 5.79. The van der Waals surface area contributed by atoms with Crippen molar-refractivity contribution in [2.45, 2.75) is 13.0 Å². The van der Waals surface area contributed by atoms with Gasteiger partial charge < -0.3 is 10.5 Å². The van der Waals surface area contributed by atoms with Crippen molar-refractivity contribution >= 4 is 27.8 Å². The lowest BCUT2D eigenvalue weighted by molar-refractivity contribution is 0.416. The molecule has 3 heterocycles. The minimum atomic E-state index is -0.0901. The van der Waals surface area contributed by atoms with E-state index in [1.807, 2.05) is 37.4 Å². The van der Waals surface area contributed by atoms with Gasteiger partial charge in [-0.25, -0.2) is 9.67 Å². The average molecular weight is 385 g/mol. The molecule has 26 heavy (non-hydrogen) atoms. The molecular weight excluding hydrogens is 370 g/mol. The number of aromatic nitrogens is 6.